The zero-order valence-corrected chi connectivity index (χ0v) is 36.4. The normalized spacial score (nSPS) is 14.9. The summed E-state index contributed by atoms with van der Waals surface area (Å²) in [5.74, 6) is 0.0474. The highest BCUT2D eigenvalue weighted by Gasteiger charge is 2.27. The van der Waals surface area contributed by atoms with E-state index in [-0.39, 0.29) is 12.0 Å². The molecule has 2 heterocycles. The van der Waals surface area contributed by atoms with Crippen molar-refractivity contribution in [1.29, 1.82) is 0 Å². The summed E-state index contributed by atoms with van der Waals surface area (Å²) in [7, 11) is 0. The maximum atomic E-state index is 6.90. The molecule has 0 saturated heterocycles. The molecule has 0 amide bonds. The Balaban J connectivity index is 1.07. The number of furan rings is 2. The smallest absolute Gasteiger partial charge is 0.142 e. The summed E-state index contributed by atoms with van der Waals surface area (Å²) in [6.07, 6.45) is 9.63. The first-order chi connectivity index (χ1) is 32.1. The van der Waals surface area contributed by atoms with Gasteiger partial charge in [-0.3, -0.25) is 0 Å². The van der Waals surface area contributed by atoms with Gasteiger partial charge in [0.2, 0.25) is 0 Å². The third-order valence-corrected chi connectivity index (χ3v) is 13.4. The fraction of sp³-hybridized carbons (Fsp3) is 0.0968. The van der Waals surface area contributed by atoms with E-state index < -0.39 is 0 Å². The molecule has 0 aliphatic heterocycles. The quantitative estimate of drug-likeness (QED) is 0.107. The van der Waals surface area contributed by atoms with Crippen molar-refractivity contribution in [3.8, 4) is 22.3 Å². The number of fused-ring (bicyclic) bond motifs is 9. The Morgan fingerprint density at radius 1 is 0.523 bits per heavy atom. The lowest BCUT2D eigenvalue weighted by Crippen LogP contribution is -2.35. The van der Waals surface area contributed by atoms with Crippen molar-refractivity contribution in [3.05, 3.63) is 228 Å². The molecule has 2 aromatic heterocycles. The van der Waals surface area contributed by atoms with Crippen LogP contribution in [0, 0.1) is 5.92 Å². The molecule has 0 radical (unpaired) electrons. The molecule has 0 fully saturated rings. The zero-order valence-electron chi connectivity index (χ0n) is 36.4. The second-order valence-corrected chi connectivity index (χ2v) is 17.2. The molecule has 2 unspecified atom stereocenters. The van der Waals surface area contributed by atoms with Crippen molar-refractivity contribution in [1.82, 2.24) is 0 Å². The van der Waals surface area contributed by atoms with Crippen LogP contribution in [-0.2, 0) is 4.74 Å². The maximum absolute atomic E-state index is 6.90. The van der Waals surface area contributed by atoms with Gasteiger partial charge in [0.15, 0.2) is 0 Å². The van der Waals surface area contributed by atoms with Crippen LogP contribution >= 0.6 is 0 Å². The van der Waals surface area contributed by atoms with Gasteiger partial charge < -0.3 is 13.6 Å². The van der Waals surface area contributed by atoms with Gasteiger partial charge in [-0.25, -0.2) is 0 Å². The van der Waals surface area contributed by atoms with Crippen LogP contribution in [0.4, 0.5) is 0 Å². The summed E-state index contributed by atoms with van der Waals surface area (Å²) in [4.78, 5) is 0. The molecule has 0 N–H and O–H groups in total. The summed E-state index contributed by atoms with van der Waals surface area (Å²) in [5, 5.41) is 11.9. The van der Waals surface area contributed by atoms with Gasteiger partial charge in [-0.05, 0) is 115 Å². The van der Waals surface area contributed by atoms with E-state index in [4.69, 9.17) is 13.6 Å². The number of allylic oxidation sites excluding steroid dienone is 3. The SMILES string of the molecule is CCOC(C)/C=C\C=C/C1CC(c2cccc3oc4cc(-c5c6ccccc6c(-c6ccccc6)c6ccccc56)ccc4c23)=c2ccccc2=C1c1cccc2c1oc1ccccc12. The van der Waals surface area contributed by atoms with Gasteiger partial charge in [-0.2, -0.15) is 0 Å². The van der Waals surface area contributed by atoms with E-state index in [2.05, 4.69) is 207 Å². The predicted molar refractivity (Wildman–Crippen MR) is 272 cm³/mol. The minimum atomic E-state index is 0.0326. The van der Waals surface area contributed by atoms with Crippen molar-refractivity contribution in [2.45, 2.75) is 26.4 Å². The summed E-state index contributed by atoms with van der Waals surface area (Å²) in [5.41, 5.74) is 13.3. The van der Waals surface area contributed by atoms with Gasteiger partial charge in [0.05, 0.1) is 6.10 Å². The van der Waals surface area contributed by atoms with Crippen LogP contribution in [0.15, 0.2) is 215 Å². The summed E-state index contributed by atoms with van der Waals surface area (Å²) >= 11 is 0. The number of hydrogen-bond acceptors (Lipinski definition) is 3. The van der Waals surface area contributed by atoms with Crippen LogP contribution in [0.25, 0.3) is 98.8 Å². The average Bonchev–Trinajstić information content (AvgIpc) is 3.93. The third kappa shape index (κ3) is 6.54. The van der Waals surface area contributed by atoms with E-state index in [0.717, 1.165) is 61.4 Å². The van der Waals surface area contributed by atoms with Crippen molar-refractivity contribution < 1.29 is 13.6 Å². The lowest BCUT2D eigenvalue weighted by atomic mass is 9.78. The Labute approximate surface area is 377 Å². The van der Waals surface area contributed by atoms with Crippen LogP contribution in [-0.4, -0.2) is 12.7 Å². The van der Waals surface area contributed by atoms with E-state index >= 15 is 0 Å². The monoisotopic (exact) mass is 838 g/mol. The van der Waals surface area contributed by atoms with E-state index in [1.165, 1.54) is 65.4 Å². The first-order valence-corrected chi connectivity index (χ1v) is 22.8. The molecule has 0 bridgehead atoms. The molecule has 3 nitrogen and oxygen atoms in total. The van der Waals surface area contributed by atoms with Crippen LogP contribution in [0.5, 0.6) is 0 Å². The Morgan fingerprint density at radius 2 is 1.14 bits per heavy atom. The molecule has 2 atom stereocenters. The predicted octanol–water partition coefficient (Wildman–Crippen LogP) is 15.1. The molecule has 1 aliphatic rings. The molecular formula is C62H46O3. The second-order valence-electron chi connectivity index (χ2n) is 17.2. The fourth-order valence-corrected chi connectivity index (χ4v) is 10.7. The van der Waals surface area contributed by atoms with Crippen molar-refractivity contribution >= 4 is 76.6 Å². The Bertz CT molecular complexity index is 3780. The van der Waals surface area contributed by atoms with Gasteiger partial charge in [-0.1, -0.05) is 182 Å². The van der Waals surface area contributed by atoms with E-state index in [1.807, 2.05) is 13.0 Å². The minimum absolute atomic E-state index is 0.0326. The largest absolute Gasteiger partial charge is 0.456 e. The molecule has 0 saturated carbocycles. The van der Waals surface area contributed by atoms with Crippen molar-refractivity contribution in [2.24, 2.45) is 5.92 Å². The summed E-state index contributed by atoms with van der Waals surface area (Å²) in [6.45, 7) is 4.80. The molecule has 312 valence electrons. The number of benzene rings is 9. The summed E-state index contributed by atoms with van der Waals surface area (Å²) < 4.78 is 19.4. The molecule has 0 spiro atoms. The van der Waals surface area contributed by atoms with Crippen molar-refractivity contribution in [2.75, 3.05) is 6.61 Å². The van der Waals surface area contributed by atoms with Gasteiger partial charge in [-0.15, -0.1) is 0 Å². The highest BCUT2D eigenvalue weighted by atomic mass is 16.5. The van der Waals surface area contributed by atoms with Gasteiger partial charge in [0.25, 0.3) is 0 Å². The minimum Gasteiger partial charge on any atom is -0.456 e. The van der Waals surface area contributed by atoms with E-state index in [0.29, 0.717) is 6.61 Å². The average molecular weight is 839 g/mol. The number of hydrogen-bond donors (Lipinski definition) is 0. The van der Waals surface area contributed by atoms with Crippen LogP contribution in [0.3, 0.4) is 0 Å². The molecule has 12 rings (SSSR count). The lowest BCUT2D eigenvalue weighted by molar-refractivity contribution is 0.109. The van der Waals surface area contributed by atoms with Crippen LogP contribution in [0.2, 0.25) is 0 Å². The molecule has 65 heavy (non-hydrogen) atoms. The highest BCUT2D eigenvalue weighted by Crippen LogP contribution is 2.46. The first-order valence-electron chi connectivity index (χ1n) is 22.8. The second kappa shape index (κ2) is 16.1. The Hall–Kier alpha value is -7.72. The fourth-order valence-electron chi connectivity index (χ4n) is 10.7. The van der Waals surface area contributed by atoms with Crippen LogP contribution in [0.1, 0.15) is 31.4 Å². The number of para-hydroxylation sites is 2. The Kier molecular flexibility index (Phi) is 9.65. The third-order valence-electron chi connectivity index (χ3n) is 13.4. The zero-order chi connectivity index (χ0) is 43.4. The topological polar surface area (TPSA) is 35.5 Å². The van der Waals surface area contributed by atoms with Gasteiger partial charge >= 0.3 is 0 Å². The number of rotatable bonds is 9. The first kappa shape index (κ1) is 38.9. The molecule has 1 aliphatic carbocycles. The lowest BCUT2D eigenvalue weighted by Gasteiger charge is -2.25. The molecular weight excluding hydrogens is 793 g/mol. The molecule has 11 aromatic rings. The summed E-state index contributed by atoms with van der Waals surface area (Å²) in [6, 6.07) is 65.7. The van der Waals surface area contributed by atoms with E-state index in [1.54, 1.807) is 0 Å². The Morgan fingerprint density at radius 3 is 1.89 bits per heavy atom. The number of ether oxygens (including phenoxy) is 1. The van der Waals surface area contributed by atoms with E-state index in [9.17, 15) is 0 Å². The highest BCUT2D eigenvalue weighted by molar-refractivity contribution is 6.22. The molecule has 9 aromatic carbocycles. The van der Waals surface area contributed by atoms with Crippen LogP contribution < -0.4 is 10.4 Å². The van der Waals surface area contributed by atoms with Gasteiger partial charge in [0.1, 0.15) is 22.3 Å². The standard InChI is InChI=1S/C62H46O3/c1-3-63-39(2)19-7-8-22-41-37-54(43-23-9-10-25-45(43)60(41)53-32-17-31-51-44-24-15-16-33-55(44)65-62(51)53)50-30-18-34-56-61(50)52-36-35-42(38-57(52)64-56)59-48-28-13-11-26-46(48)58(40-20-5-4-6-21-40)47-27-12-14-29-49(47)59/h4-36,38-39,41H,3,37H2,1-2H3/b19-7-,22-8-. The van der Waals surface area contributed by atoms with Gasteiger partial charge in [0, 0.05) is 39.6 Å². The molecule has 3 heteroatoms. The maximum Gasteiger partial charge on any atom is 0.142 e. The van der Waals surface area contributed by atoms with Crippen molar-refractivity contribution in [3.63, 3.8) is 0 Å².